The summed E-state index contributed by atoms with van der Waals surface area (Å²) in [6.45, 7) is 1.83. The molecular formula is C17H20N2O7S. The number of hydrogen-bond donors (Lipinski definition) is 1. The van der Waals surface area contributed by atoms with Crippen molar-refractivity contribution < 1.29 is 29.4 Å². The predicted octanol–water partition coefficient (Wildman–Crippen LogP) is 1.98. The second kappa shape index (κ2) is 9.36. The molecule has 1 heterocycles. The first-order valence-electron chi connectivity index (χ1n) is 8.36. The fraction of sp³-hybridized carbons (Fsp3) is 0.471. The summed E-state index contributed by atoms with van der Waals surface area (Å²) in [5.74, 6) is -1.56. The second-order valence-electron chi connectivity index (χ2n) is 6.22. The van der Waals surface area contributed by atoms with E-state index in [1.54, 1.807) is 25.1 Å². The molecule has 0 unspecified atom stereocenters. The third-order valence-electron chi connectivity index (χ3n) is 4.21. The number of carboxylic acid groups (broad SMARTS) is 1. The molecule has 0 saturated carbocycles. The molecule has 1 N–H and O–H groups in total. The topological polar surface area (TPSA) is 127 Å². The molecule has 1 fully saturated rings. The Morgan fingerprint density at radius 3 is 2.85 bits per heavy atom. The highest BCUT2D eigenvalue weighted by atomic mass is 32.2. The minimum absolute atomic E-state index is 0.218. The number of carbonyl (C=O) groups excluding carboxylic acids is 2. The number of aliphatic carboxylic acids is 1. The van der Waals surface area contributed by atoms with Gasteiger partial charge in [-0.25, -0.2) is 4.79 Å². The van der Waals surface area contributed by atoms with Crippen LogP contribution in [-0.2, 0) is 21.0 Å². The standard InChI is InChI=1S/C17H20N2O7S/c1-11(15(20)18-7-3-6-14(18)16(21)22)10-27-17(23)13-5-2-4-12(8-13)9-26-19(24)25/h2,4-5,8,11,14H,3,6-7,9-10H2,1H3,(H,21,22)/t11-,14+/m1/s1. The number of carboxylic acids is 1. The van der Waals surface area contributed by atoms with Crippen molar-refractivity contribution in [3.8, 4) is 0 Å². The van der Waals surface area contributed by atoms with E-state index in [-0.39, 0.29) is 23.4 Å². The van der Waals surface area contributed by atoms with Crippen molar-refractivity contribution in [1.29, 1.82) is 0 Å². The van der Waals surface area contributed by atoms with Gasteiger partial charge in [0.15, 0.2) is 0 Å². The summed E-state index contributed by atoms with van der Waals surface area (Å²) in [4.78, 5) is 51.9. The molecule has 2 rings (SSSR count). The van der Waals surface area contributed by atoms with Crippen LogP contribution in [0.15, 0.2) is 24.3 Å². The van der Waals surface area contributed by atoms with Gasteiger partial charge >= 0.3 is 5.97 Å². The number of rotatable bonds is 8. The van der Waals surface area contributed by atoms with Crippen LogP contribution >= 0.6 is 11.8 Å². The maximum atomic E-state index is 12.5. The van der Waals surface area contributed by atoms with Gasteiger partial charge in [-0.1, -0.05) is 36.9 Å². The van der Waals surface area contributed by atoms with Gasteiger partial charge in [-0.05, 0) is 24.5 Å². The highest BCUT2D eigenvalue weighted by Crippen LogP contribution is 2.23. The summed E-state index contributed by atoms with van der Waals surface area (Å²) in [5.41, 5.74) is 0.845. The van der Waals surface area contributed by atoms with Crippen LogP contribution in [0.1, 0.15) is 35.7 Å². The minimum Gasteiger partial charge on any atom is -0.480 e. The van der Waals surface area contributed by atoms with Crippen molar-refractivity contribution in [2.75, 3.05) is 12.3 Å². The molecule has 0 spiro atoms. The quantitative estimate of drug-likeness (QED) is 0.522. The van der Waals surface area contributed by atoms with Gasteiger partial charge in [0.25, 0.3) is 5.09 Å². The maximum Gasteiger partial charge on any atom is 0.326 e. The number of carbonyl (C=O) groups is 3. The molecule has 0 aromatic heterocycles. The number of nitrogens with zero attached hydrogens (tertiary/aromatic N) is 2. The van der Waals surface area contributed by atoms with Crippen LogP contribution < -0.4 is 0 Å². The predicted molar refractivity (Wildman–Crippen MR) is 96.5 cm³/mol. The molecule has 0 bridgehead atoms. The van der Waals surface area contributed by atoms with E-state index in [1.165, 1.54) is 11.0 Å². The number of likely N-dealkylation sites (tertiary alicyclic amines) is 1. The lowest BCUT2D eigenvalue weighted by Gasteiger charge is -2.24. The van der Waals surface area contributed by atoms with Crippen LogP contribution in [0.4, 0.5) is 0 Å². The van der Waals surface area contributed by atoms with E-state index in [0.717, 1.165) is 11.8 Å². The average molecular weight is 396 g/mol. The minimum atomic E-state index is -1.01. The third kappa shape index (κ3) is 5.68. The Hall–Kier alpha value is -2.62. The van der Waals surface area contributed by atoms with Gasteiger partial charge in [-0.2, -0.15) is 0 Å². The Bertz CT molecular complexity index is 740. The highest BCUT2D eigenvalue weighted by Gasteiger charge is 2.35. The normalized spacial score (nSPS) is 17.4. The molecule has 146 valence electrons. The molecule has 1 aliphatic heterocycles. The van der Waals surface area contributed by atoms with E-state index in [4.69, 9.17) is 0 Å². The van der Waals surface area contributed by atoms with Gasteiger partial charge in [0.05, 0.1) is 0 Å². The molecule has 1 amide bonds. The molecule has 2 atom stereocenters. The van der Waals surface area contributed by atoms with Crippen molar-refractivity contribution in [3.63, 3.8) is 0 Å². The summed E-state index contributed by atoms with van der Waals surface area (Å²) in [7, 11) is 0. The zero-order chi connectivity index (χ0) is 20.0. The zero-order valence-electron chi connectivity index (χ0n) is 14.7. The van der Waals surface area contributed by atoms with E-state index < -0.39 is 23.0 Å². The molecule has 9 nitrogen and oxygen atoms in total. The van der Waals surface area contributed by atoms with Crippen LogP contribution in [0, 0.1) is 16.0 Å². The Morgan fingerprint density at radius 2 is 2.19 bits per heavy atom. The van der Waals surface area contributed by atoms with E-state index in [2.05, 4.69) is 4.84 Å². The Kier molecular flexibility index (Phi) is 7.17. The Morgan fingerprint density at radius 1 is 1.44 bits per heavy atom. The lowest BCUT2D eigenvalue weighted by molar-refractivity contribution is -0.763. The molecular weight excluding hydrogens is 376 g/mol. The van der Waals surface area contributed by atoms with Gasteiger partial charge < -0.3 is 14.8 Å². The summed E-state index contributed by atoms with van der Waals surface area (Å²) >= 11 is 0.959. The molecule has 27 heavy (non-hydrogen) atoms. The van der Waals surface area contributed by atoms with Crippen molar-refractivity contribution in [3.05, 3.63) is 45.5 Å². The molecule has 1 aliphatic rings. The Labute approximate surface area is 159 Å². The van der Waals surface area contributed by atoms with Gasteiger partial charge in [-0.3, -0.25) is 9.59 Å². The van der Waals surface area contributed by atoms with Crippen molar-refractivity contribution in [1.82, 2.24) is 4.90 Å². The Balaban J connectivity index is 1.91. The zero-order valence-corrected chi connectivity index (χ0v) is 15.5. The monoisotopic (exact) mass is 396 g/mol. The van der Waals surface area contributed by atoms with E-state index in [1.807, 2.05) is 0 Å². The molecule has 10 heteroatoms. The van der Waals surface area contributed by atoms with Gasteiger partial charge in [-0.15, -0.1) is 10.1 Å². The van der Waals surface area contributed by atoms with Crippen molar-refractivity contribution >= 4 is 28.8 Å². The van der Waals surface area contributed by atoms with Crippen LogP contribution in [0.3, 0.4) is 0 Å². The maximum absolute atomic E-state index is 12.5. The van der Waals surface area contributed by atoms with Crippen molar-refractivity contribution in [2.24, 2.45) is 5.92 Å². The summed E-state index contributed by atoms with van der Waals surface area (Å²) in [6, 6.07) is 5.50. The fourth-order valence-electron chi connectivity index (χ4n) is 2.84. The molecule has 0 aliphatic carbocycles. The second-order valence-corrected chi connectivity index (χ2v) is 7.22. The van der Waals surface area contributed by atoms with E-state index >= 15 is 0 Å². The van der Waals surface area contributed by atoms with Gasteiger partial charge in [0.2, 0.25) is 11.0 Å². The summed E-state index contributed by atoms with van der Waals surface area (Å²) in [6.07, 6.45) is 1.10. The molecule has 0 radical (unpaired) electrons. The highest BCUT2D eigenvalue weighted by molar-refractivity contribution is 8.14. The first kappa shape index (κ1) is 20.7. The van der Waals surface area contributed by atoms with Crippen LogP contribution in [-0.4, -0.2) is 50.4 Å². The molecule has 1 aromatic carbocycles. The van der Waals surface area contributed by atoms with E-state index in [9.17, 15) is 29.6 Å². The van der Waals surface area contributed by atoms with Crippen LogP contribution in [0.2, 0.25) is 0 Å². The van der Waals surface area contributed by atoms with Gasteiger partial charge in [0.1, 0.15) is 12.6 Å². The first-order chi connectivity index (χ1) is 12.8. The lowest BCUT2D eigenvalue weighted by atomic mass is 10.1. The third-order valence-corrected chi connectivity index (χ3v) is 5.37. The SMILES string of the molecule is C[C@H](CSC(=O)c1cccc(CO[N+](=O)[O-])c1)C(=O)N1CCC[C@H]1C(=O)O. The average Bonchev–Trinajstić information content (AvgIpc) is 3.13. The first-order valence-corrected chi connectivity index (χ1v) is 9.34. The smallest absolute Gasteiger partial charge is 0.326 e. The number of amides is 1. The largest absolute Gasteiger partial charge is 0.480 e. The number of benzene rings is 1. The molecule has 1 saturated heterocycles. The number of hydrogen-bond acceptors (Lipinski definition) is 7. The van der Waals surface area contributed by atoms with E-state index in [0.29, 0.717) is 30.5 Å². The summed E-state index contributed by atoms with van der Waals surface area (Å²) < 4.78 is 0. The van der Waals surface area contributed by atoms with Crippen molar-refractivity contribution in [2.45, 2.75) is 32.4 Å². The fourth-order valence-corrected chi connectivity index (χ4v) is 3.68. The molecule has 1 aromatic rings. The van der Waals surface area contributed by atoms with Crippen LogP contribution in [0.5, 0.6) is 0 Å². The van der Waals surface area contributed by atoms with Gasteiger partial charge in [0, 0.05) is 23.8 Å². The summed E-state index contributed by atoms with van der Waals surface area (Å²) in [5, 5.41) is 18.3. The number of thioether (sulfide) groups is 1. The van der Waals surface area contributed by atoms with Crippen LogP contribution in [0.25, 0.3) is 0 Å². The lowest BCUT2D eigenvalue weighted by Crippen LogP contribution is -2.43.